The van der Waals surface area contributed by atoms with Crippen LogP contribution in [-0.4, -0.2) is 137 Å². The fourth-order valence-corrected chi connectivity index (χ4v) is 7.32. The Hall–Kier alpha value is -4.46. The van der Waals surface area contributed by atoms with Gasteiger partial charge in [0.05, 0.1) is 35.1 Å². The topological polar surface area (TPSA) is 273 Å². The Morgan fingerprint density at radius 1 is 0.593 bits per heavy atom. The summed E-state index contributed by atoms with van der Waals surface area (Å²) in [6, 6.07) is 9.18. The summed E-state index contributed by atoms with van der Waals surface area (Å²) in [5, 5.41) is 106. The molecule has 4 aromatic carbocycles. The highest BCUT2D eigenvalue weighted by molar-refractivity contribution is 6.16. The molecule has 0 saturated carbocycles. The summed E-state index contributed by atoms with van der Waals surface area (Å²) < 4.78 is 23.0. The average molecular weight is 755 g/mol. The van der Waals surface area contributed by atoms with Crippen molar-refractivity contribution in [1.82, 2.24) is 0 Å². The van der Waals surface area contributed by atoms with E-state index in [1.165, 1.54) is 26.0 Å². The molecule has 54 heavy (non-hydrogen) atoms. The molecule has 10 N–H and O–H groups in total. The molecule has 0 amide bonds. The molecule has 2 aliphatic rings. The maximum atomic E-state index is 12.7. The van der Waals surface area contributed by atoms with E-state index in [-0.39, 0.29) is 33.4 Å². The van der Waals surface area contributed by atoms with Crippen molar-refractivity contribution in [2.24, 2.45) is 0 Å². The number of fused-ring (bicyclic) bond motifs is 2. The van der Waals surface area contributed by atoms with Gasteiger partial charge in [-0.1, -0.05) is 12.1 Å². The molecule has 16 heteroatoms. The summed E-state index contributed by atoms with van der Waals surface area (Å²) in [7, 11) is 0. The molecule has 10 unspecified atom stereocenters. The predicted octanol–water partition coefficient (Wildman–Crippen LogP) is 0.451. The molecule has 2 heterocycles. The molecule has 290 valence electrons. The van der Waals surface area contributed by atoms with Crippen molar-refractivity contribution in [3.8, 4) is 34.1 Å². The van der Waals surface area contributed by atoms with Gasteiger partial charge < -0.3 is 70.0 Å². The summed E-state index contributed by atoms with van der Waals surface area (Å²) in [4.78, 5) is 25.5. The molecular weight excluding hydrogens is 712 g/mol. The number of carbonyl (C=O) groups is 2. The van der Waals surface area contributed by atoms with Crippen LogP contribution in [0.4, 0.5) is 0 Å². The number of ether oxygens (including phenoxy) is 4. The van der Waals surface area contributed by atoms with Gasteiger partial charge in [0.2, 0.25) is 12.6 Å². The first kappa shape index (κ1) is 39.2. The lowest BCUT2D eigenvalue weighted by Gasteiger charge is -2.39. The Morgan fingerprint density at radius 2 is 0.944 bits per heavy atom. The van der Waals surface area contributed by atoms with E-state index in [1.54, 1.807) is 38.1 Å². The molecule has 0 aromatic heterocycles. The number of phenols is 2. The molecule has 0 bridgehead atoms. The van der Waals surface area contributed by atoms with Crippen LogP contribution in [0.15, 0.2) is 36.4 Å². The zero-order valence-electron chi connectivity index (χ0n) is 29.6. The number of ketones is 2. The Bertz CT molecular complexity index is 1960. The van der Waals surface area contributed by atoms with E-state index in [0.717, 1.165) is 0 Å². The number of hydrogen-bond acceptors (Lipinski definition) is 16. The maximum absolute atomic E-state index is 12.7. The van der Waals surface area contributed by atoms with Crippen LogP contribution in [0, 0.1) is 13.8 Å². The van der Waals surface area contributed by atoms with Gasteiger partial charge in [-0.15, -0.1) is 0 Å². The number of Topliss-reactive ketones (excluding diaryl/α,β-unsaturated/α-hetero) is 2. The molecule has 0 radical (unpaired) electrons. The lowest BCUT2D eigenvalue weighted by atomic mass is 9.88. The Balaban J connectivity index is 1.57. The van der Waals surface area contributed by atoms with Gasteiger partial charge in [0, 0.05) is 0 Å². The molecule has 0 spiro atoms. The fourth-order valence-electron chi connectivity index (χ4n) is 7.32. The standard InChI is InChI=1S/C38H42O16/c1-13-9-19-17(5-7-21(27(19)31(45)25(13)15(3)41)51-37-35(49)33(47)29(43)23(11-39)53-37)18-6-8-22(28-20(18)10-14(2)26(16(4)42)32(28)46)52-38-36(50)34(48)30(44)24(12-40)54-38/h5-10,23-24,29-30,33-40,43-50H,11-12H2,1-4H3. The van der Waals surface area contributed by atoms with Crippen molar-refractivity contribution in [2.75, 3.05) is 13.2 Å². The average Bonchev–Trinajstić information content (AvgIpc) is 3.11. The van der Waals surface area contributed by atoms with E-state index in [4.69, 9.17) is 18.9 Å². The number of aryl methyl sites for hydroxylation is 2. The molecule has 2 saturated heterocycles. The number of aromatic hydroxyl groups is 2. The zero-order valence-corrected chi connectivity index (χ0v) is 29.6. The van der Waals surface area contributed by atoms with Crippen molar-refractivity contribution >= 4 is 33.1 Å². The van der Waals surface area contributed by atoms with Crippen molar-refractivity contribution in [3.63, 3.8) is 0 Å². The minimum atomic E-state index is -1.79. The van der Waals surface area contributed by atoms with Crippen LogP contribution < -0.4 is 9.47 Å². The third kappa shape index (κ3) is 6.53. The summed E-state index contributed by atoms with van der Waals surface area (Å²) in [5.74, 6) is -2.14. The van der Waals surface area contributed by atoms with Gasteiger partial charge in [-0.3, -0.25) is 9.59 Å². The van der Waals surface area contributed by atoms with E-state index >= 15 is 0 Å². The van der Waals surface area contributed by atoms with Crippen molar-refractivity contribution < 1.29 is 79.6 Å². The van der Waals surface area contributed by atoms with E-state index in [0.29, 0.717) is 33.0 Å². The van der Waals surface area contributed by atoms with Crippen molar-refractivity contribution in [3.05, 3.63) is 58.7 Å². The number of benzene rings is 4. The fraction of sp³-hybridized carbons (Fsp3) is 0.421. The second kappa shape index (κ2) is 15.0. The van der Waals surface area contributed by atoms with Crippen LogP contribution in [0.25, 0.3) is 32.7 Å². The molecule has 2 fully saturated rings. The van der Waals surface area contributed by atoms with Gasteiger partial charge >= 0.3 is 0 Å². The normalized spacial score (nSPS) is 28.7. The van der Waals surface area contributed by atoms with Crippen molar-refractivity contribution in [2.45, 2.75) is 89.1 Å². The third-order valence-corrected chi connectivity index (χ3v) is 10.0. The SMILES string of the molecule is CC(=O)c1c(C)cc2c(-c3ccc(OC4OC(CO)C(O)C(O)C4O)c4c(O)c(C(C)=O)c(C)cc34)ccc(OC3OC(CO)C(O)C(O)C3O)c2c1O. The monoisotopic (exact) mass is 754 g/mol. The van der Waals surface area contributed by atoms with Gasteiger partial charge in [0.1, 0.15) is 71.8 Å². The minimum Gasteiger partial charge on any atom is -0.506 e. The predicted molar refractivity (Wildman–Crippen MR) is 188 cm³/mol. The van der Waals surface area contributed by atoms with Crippen LogP contribution in [0.1, 0.15) is 45.7 Å². The quantitative estimate of drug-likeness (QED) is 0.104. The number of phenolic OH excluding ortho intramolecular Hbond substituents is 2. The van der Waals surface area contributed by atoms with E-state index in [9.17, 15) is 60.7 Å². The highest BCUT2D eigenvalue weighted by Gasteiger charge is 2.46. The number of aliphatic hydroxyl groups is 8. The largest absolute Gasteiger partial charge is 0.506 e. The van der Waals surface area contributed by atoms with E-state index < -0.39 is 97.7 Å². The van der Waals surface area contributed by atoms with Gasteiger partial charge in [-0.05, 0) is 85.0 Å². The molecule has 2 aliphatic heterocycles. The van der Waals surface area contributed by atoms with Crippen LogP contribution in [0.3, 0.4) is 0 Å². The first-order valence-corrected chi connectivity index (χ1v) is 17.1. The summed E-state index contributed by atoms with van der Waals surface area (Å²) in [6.45, 7) is 4.30. The highest BCUT2D eigenvalue weighted by atomic mass is 16.7. The smallest absolute Gasteiger partial charge is 0.229 e. The van der Waals surface area contributed by atoms with Crippen LogP contribution in [0.2, 0.25) is 0 Å². The maximum Gasteiger partial charge on any atom is 0.229 e. The molecule has 16 nitrogen and oxygen atoms in total. The molecule has 10 atom stereocenters. The molecular formula is C38H42O16. The first-order valence-electron chi connectivity index (χ1n) is 17.1. The minimum absolute atomic E-state index is 0.0173. The van der Waals surface area contributed by atoms with Crippen molar-refractivity contribution in [1.29, 1.82) is 0 Å². The first-order chi connectivity index (χ1) is 25.5. The lowest BCUT2D eigenvalue weighted by Crippen LogP contribution is -2.60. The Morgan fingerprint density at radius 3 is 1.26 bits per heavy atom. The zero-order chi connectivity index (χ0) is 39.5. The van der Waals surface area contributed by atoms with Gasteiger partial charge in [-0.25, -0.2) is 0 Å². The number of hydrogen-bond donors (Lipinski definition) is 10. The Labute approximate surface area is 307 Å². The third-order valence-electron chi connectivity index (χ3n) is 10.0. The summed E-state index contributed by atoms with van der Waals surface area (Å²) in [6.07, 6.45) is -16.3. The van der Waals surface area contributed by atoms with Gasteiger partial charge in [0.25, 0.3) is 0 Å². The van der Waals surface area contributed by atoms with Crippen LogP contribution in [0.5, 0.6) is 23.0 Å². The molecule has 6 rings (SSSR count). The van der Waals surface area contributed by atoms with Crippen LogP contribution in [-0.2, 0) is 9.47 Å². The number of carbonyl (C=O) groups excluding carboxylic acids is 2. The Kier molecular flexibility index (Phi) is 10.9. The highest BCUT2D eigenvalue weighted by Crippen LogP contribution is 2.48. The molecule has 0 aliphatic carbocycles. The summed E-state index contributed by atoms with van der Waals surface area (Å²) >= 11 is 0. The van der Waals surface area contributed by atoms with Gasteiger partial charge in [0.15, 0.2) is 11.6 Å². The van der Waals surface area contributed by atoms with Gasteiger partial charge in [-0.2, -0.15) is 0 Å². The second-order valence-corrected chi connectivity index (χ2v) is 13.6. The van der Waals surface area contributed by atoms with E-state index in [2.05, 4.69) is 0 Å². The van der Waals surface area contributed by atoms with E-state index in [1.807, 2.05) is 0 Å². The summed E-state index contributed by atoms with van der Waals surface area (Å²) in [5.41, 5.74) is 1.49. The number of aliphatic hydroxyl groups excluding tert-OH is 8. The second-order valence-electron chi connectivity index (χ2n) is 13.6. The number of rotatable bonds is 9. The molecule has 4 aromatic rings. The lowest BCUT2D eigenvalue weighted by molar-refractivity contribution is -0.277. The van der Waals surface area contributed by atoms with Crippen LogP contribution >= 0.6 is 0 Å².